The predicted molar refractivity (Wildman–Crippen MR) is 110 cm³/mol. The molecule has 0 spiro atoms. The number of aliphatic imine (C=N–C) groups is 1. The maximum Gasteiger partial charge on any atom is 0.303 e. The van der Waals surface area contributed by atoms with Crippen molar-refractivity contribution in [1.82, 2.24) is 0 Å². The number of carbonyl (C=O) groups is 1. The monoisotopic (exact) mass is 393 g/mol. The summed E-state index contributed by atoms with van der Waals surface area (Å²) in [6.45, 7) is 2.13. The fourth-order valence-corrected chi connectivity index (χ4v) is 5.05. The average molecular weight is 394 g/mol. The summed E-state index contributed by atoms with van der Waals surface area (Å²) in [4.78, 5) is 15.4. The lowest BCUT2D eigenvalue weighted by molar-refractivity contribution is -0.137. The van der Waals surface area contributed by atoms with Crippen LogP contribution in [0.25, 0.3) is 0 Å². The molecular formula is C21H31NO4S. The van der Waals surface area contributed by atoms with Gasteiger partial charge in [0.1, 0.15) is 5.54 Å². The van der Waals surface area contributed by atoms with Crippen molar-refractivity contribution in [3.05, 3.63) is 12.2 Å². The number of nitrogens with zero attached hydrogens (tertiary/aromatic N) is 1. The lowest BCUT2D eigenvalue weighted by Crippen LogP contribution is -2.27. The number of carboxylic acid groups (broad SMARTS) is 1. The van der Waals surface area contributed by atoms with Gasteiger partial charge in [-0.3, -0.25) is 9.79 Å². The van der Waals surface area contributed by atoms with Crippen molar-refractivity contribution in [2.24, 2.45) is 16.8 Å². The number of carboxylic acids is 1. The van der Waals surface area contributed by atoms with Crippen LogP contribution in [0.15, 0.2) is 17.1 Å². The molecule has 2 aliphatic rings. The van der Waals surface area contributed by atoms with Gasteiger partial charge < -0.3 is 15.3 Å². The molecule has 0 bridgehead atoms. The highest BCUT2D eigenvalue weighted by molar-refractivity contribution is 8.13. The molecule has 0 aromatic carbocycles. The first kappa shape index (κ1) is 22.0. The van der Waals surface area contributed by atoms with Gasteiger partial charge in [-0.25, -0.2) is 0 Å². The molecular weight excluding hydrogens is 362 g/mol. The Hall–Kier alpha value is -1.29. The number of unbranched alkanes of at least 4 members (excludes halogenated alkanes) is 2. The predicted octanol–water partition coefficient (Wildman–Crippen LogP) is 3.25. The SMILES string of the molecule is C#CC12CC(O)C(C=CC(O)CCCCC)C1CC(SCCCC(=O)O)=N2. The zero-order valence-corrected chi connectivity index (χ0v) is 16.8. The number of terminal acetylenes is 1. The topological polar surface area (TPSA) is 90.1 Å². The highest BCUT2D eigenvalue weighted by Crippen LogP contribution is 2.50. The lowest BCUT2D eigenvalue weighted by Gasteiger charge is -2.21. The molecule has 0 amide bonds. The second-order valence-electron chi connectivity index (χ2n) is 7.53. The number of hydrogen-bond acceptors (Lipinski definition) is 5. The molecule has 0 saturated heterocycles. The maximum absolute atomic E-state index is 10.6. The van der Waals surface area contributed by atoms with E-state index < -0.39 is 23.7 Å². The third-order valence-corrected chi connectivity index (χ3v) is 6.56. The molecule has 0 aromatic heterocycles. The Kier molecular flexibility index (Phi) is 8.40. The fraction of sp³-hybridized carbons (Fsp3) is 0.714. The number of aliphatic hydroxyl groups is 2. The second kappa shape index (κ2) is 10.3. The van der Waals surface area contributed by atoms with Gasteiger partial charge in [0, 0.05) is 31.1 Å². The van der Waals surface area contributed by atoms with E-state index in [0.717, 1.165) is 30.7 Å². The van der Waals surface area contributed by atoms with Crippen LogP contribution in [0.3, 0.4) is 0 Å². The van der Waals surface area contributed by atoms with Crippen LogP contribution in [0.2, 0.25) is 0 Å². The van der Waals surface area contributed by atoms with Gasteiger partial charge in [-0.2, -0.15) is 0 Å². The van der Waals surface area contributed by atoms with E-state index in [2.05, 4.69) is 12.8 Å². The van der Waals surface area contributed by atoms with E-state index in [1.807, 2.05) is 6.08 Å². The first-order valence-corrected chi connectivity index (χ1v) is 10.9. The minimum atomic E-state index is -0.785. The normalized spacial score (nSPS) is 30.9. The van der Waals surface area contributed by atoms with E-state index in [0.29, 0.717) is 25.0 Å². The number of hydrogen-bond donors (Lipinski definition) is 3. The Bertz CT molecular complexity index is 612. The molecule has 2 rings (SSSR count). The molecule has 1 heterocycles. The molecule has 0 aromatic rings. The smallest absolute Gasteiger partial charge is 0.303 e. The highest BCUT2D eigenvalue weighted by Gasteiger charge is 2.55. The van der Waals surface area contributed by atoms with Gasteiger partial charge in [0.25, 0.3) is 0 Å². The summed E-state index contributed by atoms with van der Waals surface area (Å²) in [7, 11) is 0. The third kappa shape index (κ3) is 5.84. The van der Waals surface area contributed by atoms with Gasteiger partial charge in [-0.15, -0.1) is 18.2 Å². The fourth-order valence-electron chi connectivity index (χ4n) is 4.00. The van der Waals surface area contributed by atoms with E-state index in [1.165, 1.54) is 0 Å². The summed E-state index contributed by atoms with van der Waals surface area (Å²) in [5.74, 6) is 2.67. The zero-order chi connectivity index (χ0) is 19.9. The van der Waals surface area contributed by atoms with E-state index in [-0.39, 0.29) is 18.3 Å². The third-order valence-electron chi connectivity index (χ3n) is 5.47. The van der Waals surface area contributed by atoms with E-state index in [9.17, 15) is 15.0 Å². The van der Waals surface area contributed by atoms with Crippen LogP contribution < -0.4 is 0 Å². The van der Waals surface area contributed by atoms with E-state index in [4.69, 9.17) is 16.5 Å². The van der Waals surface area contributed by atoms with Gasteiger partial charge in [-0.05, 0) is 18.6 Å². The van der Waals surface area contributed by atoms with Crippen LogP contribution in [0.5, 0.6) is 0 Å². The van der Waals surface area contributed by atoms with Crippen molar-refractivity contribution in [2.45, 2.75) is 76.0 Å². The van der Waals surface area contributed by atoms with Crippen LogP contribution in [0.4, 0.5) is 0 Å². The molecule has 1 aliphatic carbocycles. The molecule has 0 radical (unpaired) electrons. The number of aliphatic hydroxyl groups excluding tert-OH is 2. The Morgan fingerprint density at radius 3 is 2.93 bits per heavy atom. The highest BCUT2D eigenvalue weighted by atomic mass is 32.2. The summed E-state index contributed by atoms with van der Waals surface area (Å²) in [5.41, 5.74) is -0.670. The standard InChI is InChI=1S/C21H31NO4S/c1-3-5-6-8-15(23)10-11-16-17-13-19(27-12-7-9-20(25)26)22-21(17,4-2)14-18(16)24/h2,10-11,15-18,23-24H,3,5-9,12-14H2,1H3,(H,25,26). The van der Waals surface area contributed by atoms with Gasteiger partial charge >= 0.3 is 5.97 Å². The van der Waals surface area contributed by atoms with Crippen molar-refractivity contribution in [2.75, 3.05) is 5.75 Å². The van der Waals surface area contributed by atoms with Gasteiger partial charge in [0.15, 0.2) is 0 Å². The van der Waals surface area contributed by atoms with Gasteiger partial charge in [-0.1, -0.05) is 44.3 Å². The van der Waals surface area contributed by atoms with Crippen molar-refractivity contribution >= 4 is 22.8 Å². The van der Waals surface area contributed by atoms with Crippen molar-refractivity contribution < 1.29 is 20.1 Å². The summed E-state index contributed by atoms with van der Waals surface area (Å²) in [6, 6.07) is 0. The second-order valence-corrected chi connectivity index (χ2v) is 8.70. The Morgan fingerprint density at radius 2 is 2.26 bits per heavy atom. The van der Waals surface area contributed by atoms with Crippen LogP contribution in [0, 0.1) is 24.2 Å². The average Bonchev–Trinajstić information content (AvgIpc) is 3.09. The Morgan fingerprint density at radius 1 is 1.48 bits per heavy atom. The molecule has 27 heavy (non-hydrogen) atoms. The minimum Gasteiger partial charge on any atom is -0.481 e. The number of aliphatic carboxylic acids is 1. The van der Waals surface area contributed by atoms with Gasteiger partial charge in [0.2, 0.25) is 0 Å². The van der Waals surface area contributed by atoms with Crippen molar-refractivity contribution in [3.63, 3.8) is 0 Å². The molecule has 5 atom stereocenters. The molecule has 3 N–H and O–H groups in total. The minimum absolute atomic E-state index is 0.0403. The summed E-state index contributed by atoms with van der Waals surface area (Å²) in [6.07, 6.45) is 14.3. The van der Waals surface area contributed by atoms with Crippen molar-refractivity contribution in [3.8, 4) is 12.3 Å². The Labute approximate surface area is 166 Å². The van der Waals surface area contributed by atoms with Crippen molar-refractivity contribution in [1.29, 1.82) is 0 Å². The quantitative estimate of drug-likeness (QED) is 0.301. The van der Waals surface area contributed by atoms with Crippen LogP contribution in [0.1, 0.15) is 58.3 Å². The molecule has 1 saturated carbocycles. The molecule has 6 heteroatoms. The number of rotatable bonds is 10. The molecule has 150 valence electrons. The lowest BCUT2D eigenvalue weighted by atomic mass is 9.83. The maximum atomic E-state index is 10.6. The molecule has 1 aliphatic heterocycles. The van der Waals surface area contributed by atoms with Gasteiger partial charge in [0.05, 0.1) is 17.3 Å². The first-order valence-electron chi connectivity index (χ1n) is 9.87. The zero-order valence-electron chi connectivity index (χ0n) is 16.0. The van der Waals surface area contributed by atoms with E-state index >= 15 is 0 Å². The van der Waals surface area contributed by atoms with Crippen LogP contribution in [-0.2, 0) is 4.79 Å². The number of thioether (sulfide) groups is 1. The van der Waals surface area contributed by atoms with Crippen LogP contribution in [-0.4, -0.2) is 49.8 Å². The largest absolute Gasteiger partial charge is 0.481 e. The molecule has 1 fully saturated rings. The van der Waals surface area contributed by atoms with E-state index in [1.54, 1.807) is 17.8 Å². The van der Waals surface area contributed by atoms with Crippen LogP contribution >= 0.6 is 11.8 Å². The summed E-state index contributed by atoms with van der Waals surface area (Å²) < 4.78 is 0. The molecule has 5 nitrogen and oxygen atoms in total. The summed E-state index contributed by atoms with van der Waals surface area (Å²) >= 11 is 1.57. The molecule has 5 unspecified atom stereocenters. The Balaban J connectivity index is 1.95. The number of fused-ring (bicyclic) bond motifs is 1. The summed E-state index contributed by atoms with van der Waals surface area (Å²) in [5, 5.41) is 30.3. The first-order chi connectivity index (χ1) is 12.9.